The molecule has 1 aromatic heterocycles. The molecule has 0 bridgehead atoms. The second-order valence-corrected chi connectivity index (χ2v) is 5.15. The molecule has 1 aromatic rings. The number of likely N-dealkylation sites (N-methyl/N-ethyl adjacent to an activating group) is 1. The molecule has 0 N–H and O–H groups in total. The van der Waals surface area contributed by atoms with Crippen LogP contribution in [-0.4, -0.2) is 36.8 Å². The molecule has 0 saturated heterocycles. The Morgan fingerprint density at radius 2 is 2.22 bits per heavy atom. The van der Waals surface area contributed by atoms with Crippen molar-refractivity contribution in [2.45, 2.75) is 26.2 Å². The summed E-state index contributed by atoms with van der Waals surface area (Å²) < 4.78 is 5.62. The molecule has 2 rings (SSSR count). The molecule has 0 radical (unpaired) electrons. The summed E-state index contributed by atoms with van der Waals surface area (Å²) in [7, 11) is 2.00. The quantitative estimate of drug-likeness (QED) is 0.563. The number of halogens is 1. The molecule has 1 heterocycles. The van der Waals surface area contributed by atoms with E-state index in [2.05, 4.69) is 14.9 Å². The van der Waals surface area contributed by atoms with Crippen molar-refractivity contribution in [2.75, 3.05) is 31.7 Å². The molecule has 1 aliphatic carbocycles. The van der Waals surface area contributed by atoms with Gasteiger partial charge in [-0.25, -0.2) is 9.97 Å². The molecule has 100 valence electrons. The minimum atomic E-state index is 0.502. The molecule has 18 heavy (non-hydrogen) atoms. The number of hydrogen-bond acceptors (Lipinski definition) is 4. The molecule has 1 fully saturated rings. The van der Waals surface area contributed by atoms with Gasteiger partial charge in [0.2, 0.25) is 0 Å². The van der Waals surface area contributed by atoms with E-state index in [-0.39, 0.29) is 0 Å². The Balaban J connectivity index is 1.82. The molecule has 0 spiro atoms. The number of hydrogen-bond donors (Lipinski definition) is 0. The fourth-order valence-electron chi connectivity index (χ4n) is 1.66. The molecule has 0 aromatic carbocycles. The van der Waals surface area contributed by atoms with Gasteiger partial charge in [-0.05, 0) is 18.8 Å². The summed E-state index contributed by atoms with van der Waals surface area (Å²) in [5.41, 5.74) is 0. The molecule has 0 aliphatic heterocycles. The van der Waals surface area contributed by atoms with Crippen molar-refractivity contribution in [3.63, 3.8) is 0 Å². The first-order valence-electron chi connectivity index (χ1n) is 6.51. The average molecular weight is 270 g/mol. The maximum absolute atomic E-state index is 5.97. The monoisotopic (exact) mass is 269 g/mol. The Kier molecular flexibility index (Phi) is 4.78. The van der Waals surface area contributed by atoms with Gasteiger partial charge in [-0.2, -0.15) is 0 Å². The second kappa shape index (κ2) is 6.34. The van der Waals surface area contributed by atoms with Crippen LogP contribution in [0.3, 0.4) is 0 Å². The Bertz CT molecular complexity index is 396. The molecule has 0 amide bonds. The first kappa shape index (κ1) is 13.6. The van der Waals surface area contributed by atoms with Gasteiger partial charge in [-0.3, -0.25) is 0 Å². The standard InChI is InChI=1S/C13H20ClN3O/c1-3-12-15-11(14)8-13(16-12)17(2)6-7-18-9-10-4-5-10/h8,10H,3-7,9H2,1-2H3. The largest absolute Gasteiger partial charge is 0.379 e. The highest BCUT2D eigenvalue weighted by atomic mass is 35.5. The van der Waals surface area contributed by atoms with Gasteiger partial charge in [0.25, 0.3) is 0 Å². The summed E-state index contributed by atoms with van der Waals surface area (Å²) in [6.45, 7) is 4.48. The maximum Gasteiger partial charge on any atom is 0.134 e. The fourth-order valence-corrected chi connectivity index (χ4v) is 1.85. The first-order valence-corrected chi connectivity index (χ1v) is 6.89. The van der Waals surface area contributed by atoms with Gasteiger partial charge < -0.3 is 9.64 Å². The van der Waals surface area contributed by atoms with Gasteiger partial charge in [-0.15, -0.1) is 0 Å². The van der Waals surface area contributed by atoms with E-state index in [9.17, 15) is 0 Å². The third-order valence-corrected chi connectivity index (χ3v) is 3.25. The van der Waals surface area contributed by atoms with Crippen LogP contribution in [0.1, 0.15) is 25.6 Å². The third kappa shape index (κ3) is 4.10. The van der Waals surface area contributed by atoms with Crippen molar-refractivity contribution in [1.82, 2.24) is 9.97 Å². The van der Waals surface area contributed by atoms with Crippen molar-refractivity contribution >= 4 is 17.4 Å². The van der Waals surface area contributed by atoms with Crippen LogP contribution in [0.2, 0.25) is 5.15 Å². The smallest absolute Gasteiger partial charge is 0.134 e. The number of anilines is 1. The summed E-state index contributed by atoms with van der Waals surface area (Å²) in [6.07, 6.45) is 3.45. The van der Waals surface area contributed by atoms with Gasteiger partial charge in [0, 0.05) is 32.7 Å². The van der Waals surface area contributed by atoms with E-state index in [1.54, 1.807) is 6.07 Å². The summed E-state index contributed by atoms with van der Waals surface area (Å²) in [6, 6.07) is 1.79. The number of ether oxygens (including phenoxy) is 1. The molecule has 1 saturated carbocycles. The van der Waals surface area contributed by atoms with Crippen molar-refractivity contribution < 1.29 is 4.74 Å². The minimum absolute atomic E-state index is 0.502. The van der Waals surface area contributed by atoms with Crippen LogP contribution < -0.4 is 4.90 Å². The van der Waals surface area contributed by atoms with Gasteiger partial charge in [0.05, 0.1) is 6.61 Å². The highest BCUT2D eigenvalue weighted by Crippen LogP contribution is 2.28. The predicted molar refractivity (Wildman–Crippen MR) is 73.2 cm³/mol. The number of rotatable bonds is 7. The zero-order valence-electron chi connectivity index (χ0n) is 11.0. The van der Waals surface area contributed by atoms with Gasteiger partial charge in [0.15, 0.2) is 0 Å². The highest BCUT2D eigenvalue weighted by molar-refractivity contribution is 6.29. The zero-order valence-corrected chi connectivity index (χ0v) is 11.8. The van der Waals surface area contributed by atoms with Crippen LogP contribution in [0, 0.1) is 5.92 Å². The second-order valence-electron chi connectivity index (χ2n) is 4.76. The van der Waals surface area contributed by atoms with Gasteiger partial charge >= 0.3 is 0 Å². The molecule has 0 unspecified atom stereocenters. The zero-order chi connectivity index (χ0) is 13.0. The first-order chi connectivity index (χ1) is 8.69. The van der Waals surface area contributed by atoms with E-state index in [1.807, 2.05) is 14.0 Å². The van der Waals surface area contributed by atoms with Crippen LogP contribution in [-0.2, 0) is 11.2 Å². The molecular weight excluding hydrogens is 250 g/mol. The molecule has 5 heteroatoms. The predicted octanol–water partition coefficient (Wildman–Crippen LogP) is 2.56. The average Bonchev–Trinajstić information content (AvgIpc) is 3.17. The lowest BCUT2D eigenvalue weighted by Crippen LogP contribution is -2.24. The lowest BCUT2D eigenvalue weighted by Gasteiger charge is -2.18. The van der Waals surface area contributed by atoms with Crippen molar-refractivity contribution in [3.05, 3.63) is 17.0 Å². The van der Waals surface area contributed by atoms with Crippen molar-refractivity contribution in [3.8, 4) is 0 Å². The van der Waals surface area contributed by atoms with Crippen molar-refractivity contribution in [2.24, 2.45) is 5.92 Å². The van der Waals surface area contributed by atoms with Gasteiger partial charge in [-0.1, -0.05) is 18.5 Å². The van der Waals surface area contributed by atoms with E-state index in [0.29, 0.717) is 5.15 Å². The van der Waals surface area contributed by atoms with E-state index in [1.165, 1.54) is 12.8 Å². The summed E-state index contributed by atoms with van der Waals surface area (Å²) in [5.74, 6) is 2.46. The summed E-state index contributed by atoms with van der Waals surface area (Å²) in [5, 5.41) is 0.502. The highest BCUT2D eigenvalue weighted by Gasteiger charge is 2.21. The van der Waals surface area contributed by atoms with Crippen LogP contribution in [0.4, 0.5) is 5.82 Å². The fraction of sp³-hybridized carbons (Fsp3) is 0.692. The number of aromatic nitrogens is 2. The molecule has 4 nitrogen and oxygen atoms in total. The van der Waals surface area contributed by atoms with E-state index >= 15 is 0 Å². The summed E-state index contributed by atoms with van der Waals surface area (Å²) >= 11 is 5.97. The number of nitrogens with zero attached hydrogens (tertiary/aromatic N) is 3. The molecule has 0 atom stereocenters. The Morgan fingerprint density at radius 3 is 2.89 bits per heavy atom. The van der Waals surface area contributed by atoms with Crippen LogP contribution in [0.5, 0.6) is 0 Å². The Hall–Kier alpha value is -0.870. The lowest BCUT2D eigenvalue weighted by molar-refractivity contribution is 0.131. The van der Waals surface area contributed by atoms with Crippen LogP contribution in [0.15, 0.2) is 6.07 Å². The Morgan fingerprint density at radius 1 is 1.44 bits per heavy atom. The topological polar surface area (TPSA) is 38.2 Å². The van der Waals surface area contributed by atoms with Crippen LogP contribution >= 0.6 is 11.6 Å². The minimum Gasteiger partial charge on any atom is -0.379 e. The van der Waals surface area contributed by atoms with E-state index in [0.717, 1.165) is 43.7 Å². The van der Waals surface area contributed by atoms with E-state index < -0.39 is 0 Å². The van der Waals surface area contributed by atoms with Crippen LogP contribution in [0.25, 0.3) is 0 Å². The van der Waals surface area contributed by atoms with E-state index in [4.69, 9.17) is 16.3 Å². The number of aryl methyl sites for hydroxylation is 1. The Labute approximate surface area is 113 Å². The van der Waals surface area contributed by atoms with Gasteiger partial charge in [0.1, 0.15) is 16.8 Å². The normalized spacial score (nSPS) is 14.8. The summed E-state index contributed by atoms with van der Waals surface area (Å²) in [4.78, 5) is 10.7. The maximum atomic E-state index is 5.97. The van der Waals surface area contributed by atoms with Crippen molar-refractivity contribution in [1.29, 1.82) is 0 Å². The molecule has 1 aliphatic rings. The third-order valence-electron chi connectivity index (χ3n) is 3.06. The SMILES string of the molecule is CCc1nc(Cl)cc(N(C)CCOCC2CC2)n1. The lowest BCUT2D eigenvalue weighted by atomic mass is 10.4. The molecular formula is C13H20ClN3O.